The van der Waals surface area contributed by atoms with Gasteiger partial charge in [-0.05, 0) is 41.5 Å². The summed E-state index contributed by atoms with van der Waals surface area (Å²) in [5.41, 5.74) is 1.24. The van der Waals surface area contributed by atoms with Gasteiger partial charge in [0, 0.05) is 12.6 Å². The number of aliphatic hydroxyl groups excluding tert-OH is 1. The van der Waals surface area contributed by atoms with Gasteiger partial charge in [-0.1, -0.05) is 18.2 Å². The van der Waals surface area contributed by atoms with Gasteiger partial charge in [0.2, 0.25) is 5.91 Å². The fourth-order valence-corrected chi connectivity index (χ4v) is 2.05. The number of rotatable bonds is 6. The van der Waals surface area contributed by atoms with Crippen LogP contribution in [-0.4, -0.2) is 34.9 Å². The van der Waals surface area contributed by atoms with Crippen LogP contribution < -0.4 is 10.1 Å². The van der Waals surface area contributed by atoms with Crippen LogP contribution in [0.3, 0.4) is 0 Å². The van der Waals surface area contributed by atoms with Gasteiger partial charge in [0.15, 0.2) is 11.5 Å². The van der Waals surface area contributed by atoms with Gasteiger partial charge >= 0.3 is 0 Å². The van der Waals surface area contributed by atoms with E-state index in [9.17, 15) is 20.1 Å². The minimum Gasteiger partial charge on any atom is -0.508 e. The first kappa shape index (κ1) is 17.4. The number of nitrogens with one attached hydrogen (secondary N) is 1. The second kappa shape index (κ2) is 8.03. The molecule has 0 heterocycles. The Labute approximate surface area is 139 Å². The van der Waals surface area contributed by atoms with Crippen LogP contribution in [0.25, 0.3) is 6.08 Å². The van der Waals surface area contributed by atoms with Crippen molar-refractivity contribution < 1.29 is 24.9 Å². The Hall–Kier alpha value is -2.99. The maximum absolute atomic E-state index is 11.8. The lowest BCUT2D eigenvalue weighted by molar-refractivity contribution is -0.116. The average Bonchev–Trinajstić information content (AvgIpc) is 2.58. The number of carbonyl (C=O) groups excluding carboxylic acids is 1. The van der Waals surface area contributed by atoms with Gasteiger partial charge < -0.3 is 25.4 Å². The van der Waals surface area contributed by atoms with E-state index < -0.39 is 6.10 Å². The Kier molecular flexibility index (Phi) is 5.81. The molecule has 6 heteroatoms. The van der Waals surface area contributed by atoms with Crippen molar-refractivity contribution in [3.63, 3.8) is 0 Å². The van der Waals surface area contributed by atoms with Gasteiger partial charge in [-0.3, -0.25) is 4.79 Å². The van der Waals surface area contributed by atoms with Crippen LogP contribution in [0, 0.1) is 0 Å². The van der Waals surface area contributed by atoms with Crippen LogP contribution in [-0.2, 0) is 4.79 Å². The number of amides is 1. The maximum atomic E-state index is 11.8. The minimum absolute atomic E-state index is 0.0113. The number of phenolic OH excluding ortho intramolecular Hbond substituents is 2. The summed E-state index contributed by atoms with van der Waals surface area (Å²) in [6.07, 6.45) is 1.99. The quantitative estimate of drug-likeness (QED) is 0.607. The van der Waals surface area contributed by atoms with Crippen molar-refractivity contribution >= 4 is 12.0 Å². The molecule has 1 amide bonds. The van der Waals surface area contributed by atoms with Crippen LogP contribution >= 0.6 is 0 Å². The molecule has 0 spiro atoms. The largest absolute Gasteiger partial charge is 0.508 e. The molecule has 1 atom stereocenters. The average molecular weight is 329 g/mol. The second-order valence-corrected chi connectivity index (χ2v) is 5.12. The summed E-state index contributed by atoms with van der Waals surface area (Å²) in [5.74, 6) is 0.0835. The summed E-state index contributed by atoms with van der Waals surface area (Å²) in [5, 5.41) is 31.4. The lowest BCUT2D eigenvalue weighted by Gasteiger charge is -2.11. The van der Waals surface area contributed by atoms with Crippen molar-refractivity contribution in [3.8, 4) is 17.2 Å². The third-order valence-electron chi connectivity index (χ3n) is 3.38. The SMILES string of the molecule is COc1ccc(C=CC(=O)NC[C@@H](O)c2ccc(O)cc2)cc1O. The fraction of sp³-hybridized carbons (Fsp3) is 0.167. The minimum atomic E-state index is -0.868. The van der Waals surface area contributed by atoms with Gasteiger partial charge in [-0.2, -0.15) is 0 Å². The third-order valence-corrected chi connectivity index (χ3v) is 3.38. The number of hydrogen-bond donors (Lipinski definition) is 4. The van der Waals surface area contributed by atoms with Crippen LogP contribution in [0.1, 0.15) is 17.2 Å². The van der Waals surface area contributed by atoms with Crippen molar-refractivity contribution in [1.82, 2.24) is 5.32 Å². The molecule has 0 unspecified atom stereocenters. The normalized spacial score (nSPS) is 12.1. The molecular formula is C18H19NO5. The smallest absolute Gasteiger partial charge is 0.244 e. The monoisotopic (exact) mass is 329 g/mol. The fourth-order valence-electron chi connectivity index (χ4n) is 2.05. The van der Waals surface area contributed by atoms with Gasteiger partial charge in [-0.25, -0.2) is 0 Å². The van der Waals surface area contributed by atoms with Crippen molar-refractivity contribution in [2.75, 3.05) is 13.7 Å². The predicted molar refractivity (Wildman–Crippen MR) is 89.8 cm³/mol. The molecule has 6 nitrogen and oxygen atoms in total. The van der Waals surface area contributed by atoms with E-state index in [-0.39, 0.29) is 24.0 Å². The topological polar surface area (TPSA) is 99.0 Å². The van der Waals surface area contributed by atoms with Crippen LogP contribution in [0.4, 0.5) is 0 Å². The predicted octanol–water partition coefficient (Wildman–Crippen LogP) is 1.97. The summed E-state index contributed by atoms with van der Waals surface area (Å²) < 4.78 is 4.94. The summed E-state index contributed by atoms with van der Waals surface area (Å²) >= 11 is 0. The van der Waals surface area contributed by atoms with Crippen molar-refractivity contribution in [2.24, 2.45) is 0 Å². The Morgan fingerprint density at radius 3 is 2.54 bits per heavy atom. The van der Waals surface area contributed by atoms with Crippen molar-refractivity contribution in [2.45, 2.75) is 6.10 Å². The van der Waals surface area contributed by atoms with E-state index in [1.807, 2.05) is 0 Å². The van der Waals surface area contributed by atoms with Gasteiger partial charge in [0.05, 0.1) is 13.2 Å². The molecule has 0 saturated heterocycles. The molecule has 0 aliphatic carbocycles. The number of aliphatic hydroxyl groups is 1. The molecule has 0 bridgehead atoms. The zero-order valence-electron chi connectivity index (χ0n) is 13.1. The van der Waals surface area contributed by atoms with Crippen LogP contribution in [0.2, 0.25) is 0 Å². The lowest BCUT2D eigenvalue weighted by Crippen LogP contribution is -2.26. The summed E-state index contributed by atoms with van der Waals surface area (Å²) in [4.78, 5) is 11.8. The van der Waals surface area contributed by atoms with E-state index in [1.165, 1.54) is 31.4 Å². The van der Waals surface area contributed by atoms with Crippen molar-refractivity contribution in [3.05, 3.63) is 59.7 Å². The molecule has 0 aromatic heterocycles. The van der Waals surface area contributed by atoms with E-state index in [4.69, 9.17) is 4.74 Å². The first-order valence-corrected chi connectivity index (χ1v) is 7.29. The summed E-state index contributed by atoms with van der Waals surface area (Å²) in [6.45, 7) is 0.0435. The van der Waals surface area contributed by atoms with E-state index in [2.05, 4.69) is 5.32 Å². The van der Waals surface area contributed by atoms with Gasteiger partial charge in [0.25, 0.3) is 0 Å². The molecule has 2 rings (SSSR count). The zero-order chi connectivity index (χ0) is 17.5. The Bertz CT molecular complexity index is 725. The van der Waals surface area contributed by atoms with E-state index in [0.29, 0.717) is 16.9 Å². The number of ether oxygens (including phenoxy) is 1. The Balaban J connectivity index is 1.88. The number of phenols is 2. The van der Waals surface area contributed by atoms with Gasteiger partial charge in [0.1, 0.15) is 5.75 Å². The molecule has 4 N–H and O–H groups in total. The van der Waals surface area contributed by atoms with E-state index in [1.54, 1.807) is 30.3 Å². The molecule has 0 aliphatic rings. The number of aromatic hydroxyl groups is 2. The summed E-state index contributed by atoms with van der Waals surface area (Å²) in [7, 11) is 1.46. The summed E-state index contributed by atoms with van der Waals surface area (Å²) in [6, 6.07) is 10.9. The molecule has 2 aromatic rings. The van der Waals surface area contributed by atoms with Crippen LogP contribution in [0.5, 0.6) is 17.2 Å². The number of hydrogen-bond acceptors (Lipinski definition) is 5. The second-order valence-electron chi connectivity index (χ2n) is 5.12. The Morgan fingerprint density at radius 2 is 1.92 bits per heavy atom. The molecule has 0 aliphatic heterocycles. The Morgan fingerprint density at radius 1 is 1.21 bits per heavy atom. The number of benzene rings is 2. The van der Waals surface area contributed by atoms with Crippen molar-refractivity contribution in [1.29, 1.82) is 0 Å². The van der Waals surface area contributed by atoms with E-state index >= 15 is 0 Å². The highest BCUT2D eigenvalue weighted by Crippen LogP contribution is 2.26. The lowest BCUT2D eigenvalue weighted by atomic mass is 10.1. The molecule has 0 radical (unpaired) electrons. The highest BCUT2D eigenvalue weighted by atomic mass is 16.5. The standard InChI is InChI=1S/C18H19NO5/c1-24-17-8-2-12(10-15(17)21)3-9-18(23)19-11-16(22)13-4-6-14(20)7-5-13/h2-10,16,20-22H,11H2,1H3,(H,19,23)/t16-/m1/s1. The molecule has 126 valence electrons. The number of methoxy groups -OCH3 is 1. The maximum Gasteiger partial charge on any atom is 0.244 e. The van der Waals surface area contributed by atoms with Gasteiger partial charge in [-0.15, -0.1) is 0 Å². The molecule has 0 fully saturated rings. The molecule has 2 aromatic carbocycles. The first-order valence-electron chi connectivity index (χ1n) is 7.29. The third kappa shape index (κ3) is 4.76. The van der Waals surface area contributed by atoms with E-state index in [0.717, 1.165) is 0 Å². The van der Waals surface area contributed by atoms with Crippen LogP contribution in [0.15, 0.2) is 48.5 Å². The highest BCUT2D eigenvalue weighted by molar-refractivity contribution is 5.91. The molecular weight excluding hydrogens is 310 g/mol. The molecule has 24 heavy (non-hydrogen) atoms. The zero-order valence-corrected chi connectivity index (χ0v) is 13.1. The first-order chi connectivity index (χ1) is 11.5. The highest BCUT2D eigenvalue weighted by Gasteiger charge is 2.08. The number of carbonyl (C=O) groups is 1. The molecule has 0 saturated carbocycles.